The third-order valence-electron chi connectivity index (χ3n) is 3.14. The normalized spacial score (nSPS) is 10.1. The number of carbonyl (C=O) groups is 1. The van der Waals surface area contributed by atoms with E-state index in [4.69, 9.17) is 9.47 Å². The quantitative estimate of drug-likeness (QED) is 0.725. The van der Waals surface area contributed by atoms with E-state index < -0.39 is 0 Å². The molecule has 2 aromatic rings. The lowest BCUT2D eigenvalue weighted by atomic mass is 10.1. The van der Waals surface area contributed by atoms with E-state index in [0.717, 1.165) is 22.8 Å². The Kier molecular flexibility index (Phi) is 5.83. The maximum absolute atomic E-state index is 11.3. The number of aryl methyl sites for hydroxylation is 1. The summed E-state index contributed by atoms with van der Waals surface area (Å²) in [4.78, 5) is 11.3. The van der Waals surface area contributed by atoms with Crippen molar-refractivity contribution in [1.29, 1.82) is 0 Å². The fourth-order valence-electron chi connectivity index (χ4n) is 2.07. The fourth-order valence-corrected chi connectivity index (χ4v) is 2.07. The lowest BCUT2D eigenvalue weighted by Gasteiger charge is -2.12. The molecule has 22 heavy (non-hydrogen) atoms. The predicted octanol–water partition coefficient (Wildman–Crippen LogP) is 3.98. The van der Waals surface area contributed by atoms with E-state index in [1.54, 1.807) is 0 Å². The van der Waals surface area contributed by atoms with Gasteiger partial charge in [0.2, 0.25) is 0 Å². The number of rotatable bonds is 7. The fraction of sp³-hybridized carbons (Fsp3) is 0.278. The molecule has 0 aliphatic rings. The minimum Gasteiger partial charge on any atom is -0.494 e. The Bertz CT molecular complexity index is 608. The molecule has 0 atom stereocenters. The Morgan fingerprint density at radius 3 is 2.50 bits per heavy atom. The highest BCUT2D eigenvalue weighted by molar-refractivity contribution is 5.69. The van der Waals surface area contributed by atoms with Crippen LogP contribution >= 0.6 is 0 Å². The molecule has 0 saturated heterocycles. The van der Waals surface area contributed by atoms with E-state index in [-0.39, 0.29) is 5.97 Å². The first-order valence-electron chi connectivity index (χ1n) is 7.28. The van der Waals surface area contributed by atoms with Crippen LogP contribution in [0.2, 0.25) is 0 Å². The molecule has 0 N–H and O–H groups in total. The van der Waals surface area contributed by atoms with Crippen LogP contribution in [0.15, 0.2) is 48.5 Å². The van der Waals surface area contributed by atoms with E-state index >= 15 is 0 Å². The second-order valence-corrected chi connectivity index (χ2v) is 4.69. The number of ether oxygens (including phenoxy) is 3. The monoisotopic (exact) mass is 300 g/mol. The molecule has 0 heterocycles. The molecule has 0 aliphatic heterocycles. The number of esters is 1. The largest absolute Gasteiger partial charge is 0.494 e. The number of benzene rings is 2. The third kappa shape index (κ3) is 4.52. The van der Waals surface area contributed by atoms with E-state index in [9.17, 15) is 4.79 Å². The van der Waals surface area contributed by atoms with Crippen molar-refractivity contribution >= 4 is 5.97 Å². The minimum atomic E-state index is -0.239. The molecular weight excluding hydrogens is 280 g/mol. The van der Waals surface area contributed by atoms with E-state index in [2.05, 4.69) is 4.74 Å². The van der Waals surface area contributed by atoms with E-state index in [1.165, 1.54) is 7.11 Å². The molecule has 0 amide bonds. The lowest BCUT2D eigenvalue weighted by molar-refractivity contribution is -0.140. The van der Waals surface area contributed by atoms with Gasteiger partial charge in [0.05, 0.1) is 13.7 Å². The van der Waals surface area contributed by atoms with Gasteiger partial charge in [-0.05, 0) is 49.2 Å². The smallest absolute Gasteiger partial charge is 0.305 e. The Morgan fingerprint density at radius 2 is 1.82 bits per heavy atom. The van der Waals surface area contributed by atoms with Gasteiger partial charge in [-0.2, -0.15) is 0 Å². The lowest BCUT2D eigenvalue weighted by Crippen LogP contribution is -2.04. The summed E-state index contributed by atoms with van der Waals surface area (Å²) in [5.41, 5.74) is 0.931. The van der Waals surface area contributed by atoms with Crippen LogP contribution in [0.3, 0.4) is 0 Å². The van der Waals surface area contributed by atoms with Crippen LogP contribution in [-0.4, -0.2) is 19.7 Å². The molecule has 2 aromatic carbocycles. The van der Waals surface area contributed by atoms with E-state index in [0.29, 0.717) is 19.4 Å². The van der Waals surface area contributed by atoms with Gasteiger partial charge in [-0.3, -0.25) is 4.79 Å². The second-order valence-electron chi connectivity index (χ2n) is 4.69. The molecule has 0 aromatic heterocycles. The van der Waals surface area contributed by atoms with Gasteiger partial charge in [-0.25, -0.2) is 0 Å². The van der Waals surface area contributed by atoms with Gasteiger partial charge in [0, 0.05) is 6.42 Å². The molecule has 0 saturated carbocycles. The summed E-state index contributed by atoms with van der Waals surface area (Å²) in [6.45, 7) is 2.50. The highest BCUT2D eigenvalue weighted by Crippen LogP contribution is 2.28. The Hall–Kier alpha value is -2.49. The molecule has 0 radical (unpaired) electrons. The number of carbonyl (C=O) groups excluding carboxylic acids is 1. The average molecular weight is 300 g/mol. The standard InChI is InChI=1S/C18H20O4/c1-3-21-17-11-10-16(22-15-7-5-4-6-8-15)13-14(17)9-12-18(19)20-2/h4-8,10-11,13H,3,9,12H2,1-2H3. The minimum absolute atomic E-state index is 0.239. The van der Waals surface area contributed by atoms with E-state index in [1.807, 2.05) is 55.5 Å². The van der Waals surface area contributed by atoms with Crippen molar-refractivity contribution < 1.29 is 19.0 Å². The highest BCUT2D eigenvalue weighted by atomic mass is 16.5. The molecule has 0 aliphatic carbocycles. The molecule has 2 rings (SSSR count). The van der Waals surface area contributed by atoms with Gasteiger partial charge >= 0.3 is 5.97 Å². The Labute approximate surface area is 130 Å². The van der Waals surface area contributed by atoms with Crippen molar-refractivity contribution in [2.45, 2.75) is 19.8 Å². The average Bonchev–Trinajstić information content (AvgIpc) is 2.55. The molecule has 0 spiro atoms. The summed E-state index contributed by atoms with van der Waals surface area (Å²) in [5, 5.41) is 0. The van der Waals surface area contributed by atoms with Crippen LogP contribution in [0, 0.1) is 0 Å². The summed E-state index contributed by atoms with van der Waals surface area (Å²) in [7, 11) is 1.39. The van der Waals surface area contributed by atoms with Gasteiger partial charge in [0.25, 0.3) is 0 Å². The van der Waals surface area contributed by atoms with Crippen molar-refractivity contribution in [1.82, 2.24) is 0 Å². The van der Waals surface area contributed by atoms with Crippen molar-refractivity contribution in [3.63, 3.8) is 0 Å². The first kappa shape index (κ1) is 15.9. The van der Waals surface area contributed by atoms with Crippen molar-refractivity contribution in [2.24, 2.45) is 0 Å². The number of hydrogen-bond acceptors (Lipinski definition) is 4. The Balaban J connectivity index is 2.16. The van der Waals surface area contributed by atoms with Crippen molar-refractivity contribution in [3.8, 4) is 17.2 Å². The second kappa shape index (κ2) is 8.08. The summed E-state index contributed by atoms with van der Waals surface area (Å²) < 4.78 is 16.1. The van der Waals surface area contributed by atoms with Gasteiger partial charge in [0.1, 0.15) is 17.2 Å². The molecule has 116 valence electrons. The number of hydrogen-bond donors (Lipinski definition) is 0. The first-order chi connectivity index (χ1) is 10.7. The van der Waals surface area contributed by atoms with Gasteiger partial charge in [0.15, 0.2) is 0 Å². The van der Waals surface area contributed by atoms with Gasteiger partial charge in [-0.15, -0.1) is 0 Å². The third-order valence-corrected chi connectivity index (χ3v) is 3.14. The van der Waals surface area contributed by atoms with Crippen LogP contribution < -0.4 is 9.47 Å². The molecule has 0 fully saturated rings. The highest BCUT2D eigenvalue weighted by Gasteiger charge is 2.09. The maximum Gasteiger partial charge on any atom is 0.305 e. The summed E-state index contributed by atoms with van der Waals surface area (Å²) in [6, 6.07) is 15.2. The summed E-state index contributed by atoms with van der Waals surface area (Å²) >= 11 is 0. The van der Waals surface area contributed by atoms with Crippen LogP contribution in [0.25, 0.3) is 0 Å². The van der Waals surface area contributed by atoms with Crippen LogP contribution in [0.5, 0.6) is 17.2 Å². The van der Waals surface area contributed by atoms with Gasteiger partial charge in [-0.1, -0.05) is 18.2 Å². The molecule has 0 unspecified atom stereocenters. The Morgan fingerprint density at radius 1 is 1.05 bits per heavy atom. The zero-order chi connectivity index (χ0) is 15.8. The maximum atomic E-state index is 11.3. The van der Waals surface area contributed by atoms with Crippen LogP contribution in [0.1, 0.15) is 18.9 Å². The zero-order valence-electron chi connectivity index (χ0n) is 12.9. The molecule has 4 nitrogen and oxygen atoms in total. The summed E-state index contributed by atoms with van der Waals surface area (Å²) in [5.74, 6) is 2.02. The molecule has 4 heteroatoms. The van der Waals surface area contributed by atoms with Crippen LogP contribution in [0.4, 0.5) is 0 Å². The SMILES string of the molecule is CCOc1ccc(Oc2ccccc2)cc1CCC(=O)OC. The zero-order valence-corrected chi connectivity index (χ0v) is 12.9. The van der Waals surface area contributed by atoms with Gasteiger partial charge < -0.3 is 14.2 Å². The molecule has 0 bridgehead atoms. The van der Waals surface area contributed by atoms with Crippen molar-refractivity contribution in [3.05, 3.63) is 54.1 Å². The topological polar surface area (TPSA) is 44.8 Å². The van der Waals surface area contributed by atoms with Crippen molar-refractivity contribution in [2.75, 3.05) is 13.7 Å². The van der Waals surface area contributed by atoms with Crippen LogP contribution in [-0.2, 0) is 16.0 Å². The first-order valence-corrected chi connectivity index (χ1v) is 7.28. The summed E-state index contributed by atoms with van der Waals surface area (Å²) in [6.07, 6.45) is 0.860. The number of para-hydroxylation sites is 1. The molecular formula is C18H20O4. The predicted molar refractivity (Wildman–Crippen MR) is 84.5 cm³/mol. The number of methoxy groups -OCH3 is 1.